The minimum absolute atomic E-state index is 0.328. The van der Waals surface area contributed by atoms with Crippen LogP contribution in [-0.2, 0) is 4.79 Å². The van der Waals surface area contributed by atoms with Crippen molar-refractivity contribution in [3.05, 3.63) is 0 Å². The number of hydrogen-bond donors (Lipinski definition) is 2. The van der Waals surface area contributed by atoms with Crippen LogP contribution in [0.15, 0.2) is 0 Å². The number of carboxylic acid groups (broad SMARTS) is 1. The van der Waals surface area contributed by atoms with Crippen molar-refractivity contribution in [2.45, 2.75) is 26.2 Å². The molecule has 1 aliphatic heterocycles. The third kappa shape index (κ3) is 2.81. The van der Waals surface area contributed by atoms with Crippen LogP contribution in [0.25, 0.3) is 0 Å². The maximum absolute atomic E-state index is 10.3. The summed E-state index contributed by atoms with van der Waals surface area (Å²) in [6.45, 7) is 4.29. The van der Waals surface area contributed by atoms with Gasteiger partial charge in [-0.25, -0.2) is 0 Å². The Hall–Kier alpha value is -0.570. The van der Waals surface area contributed by atoms with E-state index in [1.54, 1.807) is 0 Å². The number of rotatable bonds is 3. The van der Waals surface area contributed by atoms with E-state index in [1.165, 1.54) is 0 Å². The first kappa shape index (κ1) is 9.52. The lowest BCUT2D eigenvalue weighted by atomic mass is 9.84. The van der Waals surface area contributed by atoms with Gasteiger partial charge in [0.25, 0.3) is 0 Å². The monoisotopic (exact) mass is 171 g/mol. The zero-order chi connectivity index (χ0) is 8.97. The Morgan fingerprint density at radius 1 is 1.67 bits per heavy atom. The Labute approximate surface area is 73.2 Å². The number of hydrogen-bond acceptors (Lipinski definition) is 2. The van der Waals surface area contributed by atoms with E-state index in [9.17, 15) is 4.79 Å². The molecule has 70 valence electrons. The minimum atomic E-state index is -0.666. The largest absolute Gasteiger partial charge is 0.481 e. The molecule has 0 saturated carbocycles. The number of aliphatic carboxylic acids is 1. The molecule has 0 aromatic carbocycles. The van der Waals surface area contributed by atoms with E-state index >= 15 is 0 Å². The van der Waals surface area contributed by atoms with Crippen molar-refractivity contribution in [1.29, 1.82) is 0 Å². The molecule has 1 saturated heterocycles. The number of carboxylic acids is 1. The SMILES string of the molecule is C[C@H]1CNCC[C@H]1CCC(=O)O. The predicted octanol–water partition coefficient (Wildman–Crippen LogP) is 1.10. The minimum Gasteiger partial charge on any atom is -0.481 e. The van der Waals surface area contributed by atoms with E-state index in [0.29, 0.717) is 18.3 Å². The molecule has 2 atom stereocenters. The maximum atomic E-state index is 10.3. The van der Waals surface area contributed by atoms with Crippen molar-refractivity contribution in [2.24, 2.45) is 11.8 Å². The van der Waals surface area contributed by atoms with Gasteiger partial charge < -0.3 is 10.4 Å². The van der Waals surface area contributed by atoms with Gasteiger partial charge in [0.1, 0.15) is 0 Å². The molecule has 0 radical (unpaired) electrons. The average molecular weight is 171 g/mol. The highest BCUT2D eigenvalue weighted by atomic mass is 16.4. The lowest BCUT2D eigenvalue weighted by Gasteiger charge is -2.28. The predicted molar refractivity (Wildman–Crippen MR) is 47.0 cm³/mol. The highest BCUT2D eigenvalue weighted by Gasteiger charge is 2.21. The topological polar surface area (TPSA) is 49.3 Å². The summed E-state index contributed by atoms with van der Waals surface area (Å²) in [5, 5.41) is 11.8. The van der Waals surface area contributed by atoms with Crippen LogP contribution < -0.4 is 5.32 Å². The molecule has 0 unspecified atom stereocenters. The highest BCUT2D eigenvalue weighted by molar-refractivity contribution is 5.66. The average Bonchev–Trinajstić information content (AvgIpc) is 2.03. The normalized spacial score (nSPS) is 30.1. The van der Waals surface area contributed by atoms with Crippen LogP contribution in [0.3, 0.4) is 0 Å². The first-order valence-electron chi connectivity index (χ1n) is 4.62. The fourth-order valence-electron chi connectivity index (χ4n) is 1.81. The third-order valence-corrected chi connectivity index (χ3v) is 2.69. The van der Waals surface area contributed by atoms with Gasteiger partial charge in [0, 0.05) is 6.42 Å². The molecule has 2 N–H and O–H groups in total. The molecule has 1 rings (SSSR count). The molecule has 12 heavy (non-hydrogen) atoms. The van der Waals surface area contributed by atoms with Gasteiger partial charge in [-0.3, -0.25) is 4.79 Å². The molecular formula is C9H17NO2. The van der Waals surface area contributed by atoms with Crippen LogP contribution in [0.5, 0.6) is 0 Å². The summed E-state index contributed by atoms with van der Waals surface area (Å²) in [6.07, 6.45) is 2.31. The van der Waals surface area contributed by atoms with Gasteiger partial charge in [-0.15, -0.1) is 0 Å². The summed E-state index contributed by atoms with van der Waals surface area (Å²) < 4.78 is 0. The second-order valence-corrected chi connectivity index (χ2v) is 3.66. The molecule has 1 heterocycles. The number of carbonyl (C=O) groups is 1. The molecule has 0 aromatic heterocycles. The fourth-order valence-corrected chi connectivity index (χ4v) is 1.81. The van der Waals surface area contributed by atoms with E-state index in [-0.39, 0.29) is 0 Å². The molecule has 0 amide bonds. The third-order valence-electron chi connectivity index (χ3n) is 2.69. The van der Waals surface area contributed by atoms with Gasteiger partial charge >= 0.3 is 5.97 Å². The molecule has 0 aliphatic carbocycles. The van der Waals surface area contributed by atoms with Crippen LogP contribution in [0.4, 0.5) is 0 Å². The number of nitrogens with one attached hydrogen (secondary N) is 1. The Morgan fingerprint density at radius 3 is 3.00 bits per heavy atom. The van der Waals surface area contributed by atoms with E-state index in [1.807, 2.05) is 0 Å². The van der Waals surface area contributed by atoms with Gasteiger partial charge in [0.15, 0.2) is 0 Å². The lowest BCUT2D eigenvalue weighted by Crippen LogP contribution is -2.35. The summed E-state index contributed by atoms with van der Waals surface area (Å²) in [4.78, 5) is 10.3. The van der Waals surface area contributed by atoms with Crippen LogP contribution in [0, 0.1) is 11.8 Å². The number of piperidine rings is 1. The van der Waals surface area contributed by atoms with E-state index < -0.39 is 5.97 Å². The molecule has 1 aliphatic rings. The zero-order valence-electron chi connectivity index (χ0n) is 7.55. The molecule has 3 nitrogen and oxygen atoms in total. The molecule has 0 spiro atoms. The summed E-state index contributed by atoms with van der Waals surface area (Å²) in [6, 6.07) is 0. The van der Waals surface area contributed by atoms with Crippen molar-refractivity contribution >= 4 is 5.97 Å². The molecule has 0 bridgehead atoms. The van der Waals surface area contributed by atoms with Crippen molar-refractivity contribution in [2.75, 3.05) is 13.1 Å². The molecule has 1 fully saturated rings. The fraction of sp³-hybridized carbons (Fsp3) is 0.889. The van der Waals surface area contributed by atoms with Gasteiger partial charge in [-0.2, -0.15) is 0 Å². The van der Waals surface area contributed by atoms with Crippen molar-refractivity contribution in [3.63, 3.8) is 0 Å². The Kier molecular flexibility index (Phi) is 3.53. The maximum Gasteiger partial charge on any atom is 0.303 e. The van der Waals surface area contributed by atoms with Crippen LogP contribution in [0.1, 0.15) is 26.2 Å². The first-order chi connectivity index (χ1) is 5.70. The van der Waals surface area contributed by atoms with Crippen molar-refractivity contribution in [1.82, 2.24) is 5.32 Å². The van der Waals surface area contributed by atoms with Crippen LogP contribution in [0.2, 0.25) is 0 Å². The Morgan fingerprint density at radius 2 is 2.42 bits per heavy atom. The van der Waals surface area contributed by atoms with E-state index in [2.05, 4.69) is 12.2 Å². The Balaban J connectivity index is 2.24. The summed E-state index contributed by atoms with van der Waals surface area (Å²) >= 11 is 0. The van der Waals surface area contributed by atoms with Crippen LogP contribution in [-0.4, -0.2) is 24.2 Å². The van der Waals surface area contributed by atoms with Gasteiger partial charge in [0.05, 0.1) is 0 Å². The van der Waals surface area contributed by atoms with Gasteiger partial charge in [0.2, 0.25) is 0 Å². The summed E-state index contributed by atoms with van der Waals surface area (Å²) in [5.74, 6) is 0.584. The van der Waals surface area contributed by atoms with E-state index in [4.69, 9.17) is 5.11 Å². The molecule has 3 heteroatoms. The second kappa shape index (κ2) is 4.45. The van der Waals surface area contributed by atoms with Crippen molar-refractivity contribution in [3.8, 4) is 0 Å². The van der Waals surface area contributed by atoms with Crippen LogP contribution >= 0.6 is 0 Å². The quantitative estimate of drug-likeness (QED) is 0.668. The highest BCUT2D eigenvalue weighted by Crippen LogP contribution is 2.23. The smallest absolute Gasteiger partial charge is 0.303 e. The second-order valence-electron chi connectivity index (χ2n) is 3.66. The van der Waals surface area contributed by atoms with Crippen molar-refractivity contribution < 1.29 is 9.90 Å². The summed E-state index contributed by atoms with van der Waals surface area (Å²) in [5.41, 5.74) is 0. The Bertz CT molecular complexity index is 159. The van der Waals surface area contributed by atoms with Gasteiger partial charge in [-0.05, 0) is 37.8 Å². The van der Waals surface area contributed by atoms with E-state index in [0.717, 1.165) is 25.9 Å². The molecular weight excluding hydrogens is 154 g/mol. The van der Waals surface area contributed by atoms with Gasteiger partial charge in [-0.1, -0.05) is 6.92 Å². The first-order valence-corrected chi connectivity index (χ1v) is 4.62. The summed E-state index contributed by atoms with van der Waals surface area (Å²) in [7, 11) is 0. The lowest BCUT2D eigenvalue weighted by molar-refractivity contribution is -0.137. The molecule has 0 aromatic rings. The zero-order valence-corrected chi connectivity index (χ0v) is 7.55. The standard InChI is InChI=1S/C9H17NO2/c1-7-6-10-5-4-8(7)2-3-9(11)12/h7-8,10H,2-6H2,1H3,(H,11,12)/t7-,8+/m0/s1.